The lowest BCUT2D eigenvalue weighted by Gasteiger charge is -2.20. The predicted molar refractivity (Wildman–Crippen MR) is 78.7 cm³/mol. The van der Waals surface area contributed by atoms with E-state index in [4.69, 9.17) is 10.5 Å². The second-order valence-corrected chi connectivity index (χ2v) is 5.67. The first kappa shape index (κ1) is 14.3. The molecule has 3 N–H and O–H groups in total. The number of phenolic OH excluding ortho intramolecular Hbond substituents is 1. The van der Waals surface area contributed by atoms with E-state index in [1.165, 1.54) is 0 Å². The number of fused-ring (bicyclic) bond motifs is 1. The SMILES string of the molecule is CC(C)(C)OC(=O)c1cccc2c(CN)c(O)ccc12. The van der Waals surface area contributed by atoms with E-state index in [1.54, 1.807) is 24.3 Å². The molecule has 0 aliphatic rings. The Labute approximate surface area is 118 Å². The van der Waals surface area contributed by atoms with Gasteiger partial charge in [0.05, 0.1) is 5.56 Å². The van der Waals surface area contributed by atoms with Crippen molar-refractivity contribution >= 4 is 16.7 Å². The average molecular weight is 273 g/mol. The number of carbonyl (C=O) groups is 1. The molecule has 0 aromatic heterocycles. The van der Waals surface area contributed by atoms with Crippen molar-refractivity contribution in [2.45, 2.75) is 32.9 Å². The molecule has 0 fully saturated rings. The minimum absolute atomic E-state index is 0.140. The number of phenols is 1. The van der Waals surface area contributed by atoms with Crippen LogP contribution < -0.4 is 5.73 Å². The summed E-state index contributed by atoms with van der Waals surface area (Å²) in [6, 6.07) is 8.58. The van der Waals surface area contributed by atoms with E-state index in [2.05, 4.69) is 0 Å². The minimum Gasteiger partial charge on any atom is -0.508 e. The average Bonchev–Trinajstić information content (AvgIpc) is 2.35. The maximum absolute atomic E-state index is 12.2. The van der Waals surface area contributed by atoms with Gasteiger partial charge in [-0.15, -0.1) is 0 Å². The van der Waals surface area contributed by atoms with Gasteiger partial charge in [0.2, 0.25) is 0 Å². The van der Waals surface area contributed by atoms with Crippen LogP contribution >= 0.6 is 0 Å². The number of rotatable bonds is 2. The van der Waals surface area contributed by atoms with Crippen LogP contribution in [0.1, 0.15) is 36.7 Å². The van der Waals surface area contributed by atoms with Crippen molar-refractivity contribution in [3.05, 3.63) is 41.5 Å². The van der Waals surface area contributed by atoms with Gasteiger partial charge >= 0.3 is 5.97 Å². The Balaban J connectivity index is 2.59. The number of hydrogen-bond donors (Lipinski definition) is 2. The van der Waals surface area contributed by atoms with Crippen LogP contribution in [0.15, 0.2) is 30.3 Å². The highest BCUT2D eigenvalue weighted by atomic mass is 16.6. The number of carbonyl (C=O) groups excluding carboxylic acids is 1. The van der Waals surface area contributed by atoms with E-state index < -0.39 is 5.60 Å². The summed E-state index contributed by atoms with van der Waals surface area (Å²) in [5, 5.41) is 11.3. The lowest BCUT2D eigenvalue weighted by molar-refractivity contribution is 0.00718. The molecule has 0 saturated carbocycles. The molecule has 0 bridgehead atoms. The van der Waals surface area contributed by atoms with Crippen LogP contribution in [0.3, 0.4) is 0 Å². The molecule has 0 aliphatic heterocycles. The van der Waals surface area contributed by atoms with E-state index in [9.17, 15) is 9.90 Å². The van der Waals surface area contributed by atoms with Crippen molar-refractivity contribution in [3.63, 3.8) is 0 Å². The molecule has 0 aliphatic carbocycles. The smallest absolute Gasteiger partial charge is 0.339 e. The van der Waals surface area contributed by atoms with E-state index >= 15 is 0 Å². The van der Waals surface area contributed by atoms with Gasteiger partial charge in [0.25, 0.3) is 0 Å². The summed E-state index contributed by atoms with van der Waals surface area (Å²) in [7, 11) is 0. The first-order valence-corrected chi connectivity index (χ1v) is 6.50. The molecule has 4 heteroatoms. The maximum atomic E-state index is 12.2. The fraction of sp³-hybridized carbons (Fsp3) is 0.312. The third-order valence-corrected chi connectivity index (χ3v) is 2.97. The van der Waals surface area contributed by atoms with Crippen molar-refractivity contribution in [2.24, 2.45) is 5.73 Å². The minimum atomic E-state index is -0.549. The predicted octanol–water partition coefficient (Wildman–Crippen LogP) is 2.96. The topological polar surface area (TPSA) is 72.5 Å². The van der Waals surface area contributed by atoms with Gasteiger partial charge in [-0.25, -0.2) is 4.79 Å². The van der Waals surface area contributed by atoms with Crippen molar-refractivity contribution in [1.29, 1.82) is 0 Å². The first-order chi connectivity index (χ1) is 9.33. The number of hydrogen-bond acceptors (Lipinski definition) is 4. The Hall–Kier alpha value is -2.07. The van der Waals surface area contributed by atoms with E-state index in [0.29, 0.717) is 11.1 Å². The van der Waals surface area contributed by atoms with Crippen molar-refractivity contribution in [3.8, 4) is 5.75 Å². The zero-order valence-corrected chi connectivity index (χ0v) is 11.9. The van der Waals surface area contributed by atoms with Gasteiger partial charge in [-0.1, -0.05) is 12.1 Å². The molecule has 2 rings (SSSR count). The third kappa shape index (κ3) is 2.75. The number of ether oxygens (including phenoxy) is 1. The van der Waals surface area contributed by atoms with Gasteiger partial charge in [0.1, 0.15) is 11.4 Å². The van der Waals surface area contributed by atoms with Crippen LogP contribution in [-0.2, 0) is 11.3 Å². The molecule has 2 aromatic rings. The molecule has 20 heavy (non-hydrogen) atoms. The molecular formula is C16H19NO3. The standard InChI is InChI=1S/C16H19NO3/c1-16(2,3)20-15(19)12-6-4-5-10-11(12)7-8-14(18)13(10)9-17/h4-8,18H,9,17H2,1-3H3. The third-order valence-electron chi connectivity index (χ3n) is 2.97. The van der Waals surface area contributed by atoms with E-state index in [1.807, 2.05) is 26.8 Å². The van der Waals surface area contributed by atoms with Crippen LogP contribution in [0.2, 0.25) is 0 Å². The number of esters is 1. The number of benzene rings is 2. The second-order valence-electron chi connectivity index (χ2n) is 5.67. The molecule has 0 unspecified atom stereocenters. The quantitative estimate of drug-likeness (QED) is 0.825. The van der Waals surface area contributed by atoms with Crippen LogP contribution in [0.4, 0.5) is 0 Å². The Bertz CT molecular complexity index is 657. The normalized spacial score (nSPS) is 11.6. The molecule has 0 saturated heterocycles. The fourth-order valence-corrected chi connectivity index (χ4v) is 2.13. The van der Waals surface area contributed by atoms with Crippen LogP contribution in [0.25, 0.3) is 10.8 Å². The molecular weight excluding hydrogens is 254 g/mol. The number of nitrogens with two attached hydrogens (primary N) is 1. The zero-order chi connectivity index (χ0) is 14.9. The zero-order valence-electron chi connectivity index (χ0n) is 11.9. The molecule has 0 heterocycles. The van der Waals surface area contributed by atoms with Crippen LogP contribution in [0, 0.1) is 0 Å². The van der Waals surface area contributed by atoms with Gasteiger partial charge in [-0.05, 0) is 49.7 Å². The maximum Gasteiger partial charge on any atom is 0.339 e. The summed E-state index contributed by atoms with van der Waals surface area (Å²) < 4.78 is 5.40. The molecule has 0 spiro atoms. The van der Waals surface area contributed by atoms with E-state index in [-0.39, 0.29) is 18.3 Å². The highest BCUT2D eigenvalue weighted by molar-refractivity contribution is 6.06. The molecule has 106 valence electrons. The van der Waals surface area contributed by atoms with Gasteiger partial charge in [0.15, 0.2) is 0 Å². The Morgan fingerprint density at radius 2 is 1.90 bits per heavy atom. The monoisotopic (exact) mass is 273 g/mol. The van der Waals surface area contributed by atoms with E-state index in [0.717, 1.165) is 10.8 Å². The molecule has 4 nitrogen and oxygen atoms in total. The fourth-order valence-electron chi connectivity index (χ4n) is 2.13. The molecule has 0 amide bonds. The van der Waals surface area contributed by atoms with Crippen molar-refractivity contribution in [2.75, 3.05) is 0 Å². The first-order valence-electron chi connectivity index (χ1n) is 6.50. The van der Waals surface area contributed by atoms with Gasteiger partial charge < -0.3 is 15.6 Å². The van der Waals surface area contributed by atoms with Gasteiger partial charge in [-0.2, -0.15) is 0 Å². The summed E-state index contributed by atoms with van der Waals surface area (Å²) in [5.41, 5.74) is 6.23. The summed E-state index contributed by atoms with van der Waals surface area (Å²) >= 11 is 0. The summed E-state index contributed by atoms with van der Waals surface area (Å²) in [6.07, 6.45) is 0. The van der Waals surface area contributed by atoms with Crippen LogP contribution in [-0.4, -0.2) is 16.7 Å². The Morgan fingerprint density at radius 3 is 2.50 bits per heavy atom. The molecule has 2 aromatic carbocycles. The second kappa shape index (κ2) is 5.13. The van der Waals surface area contributed by atoms with Crippen LogP contribution in [0.5, 0.6) is 5.75 Å². The molecule has 0 atom stereocenters. The molecule has 0 radical (unpaired) electrons. The lowest BCUT2D eigenvalue weighted by atomic mass is 9.99. The van der Waals surface area contributed by atoms with Crippen molar-refractivity contribution < 1.29 is 14.6 Å². The summed E-state index contributed by atoms with van der Waals surface area (Å²) in [6.45, 7) is 5.69. The van der Waals surface area contributed by atoms with Gasteiger partial charge in [0, 0.05) is 12.1 Å². The largest absolute Gasteiger partial charge is 0.508 e. The lowest BCUT2D eigenvalue weighted by Crippen LogP contribution is -2.24. The Kier molecular flexibility index (Phi) is 3.68. The highest BCUT2D eigenvalue weighted by Gasteiger charge is 2.20. The summed E-state index contributed by atoms with van der Waals surface area (Å²) in [5.74, 6) is -0.238. The summed E-state index contributed by atoms with van der Waals surface area (Å²) in [4.78, 5) is 12.2. The van der Waals surface area contributed by atoms with Gasteiger partial charge in [-0.3, -0.25) is 0 Å². The van der Waals surface area contributed by atoms with Crippen molar-refractivity contribution in [1.82, 2.24) is 0 Å². The highest BCUT2D eigenvalue weighted by Crippen LogP contribution is 2.29. The Morgan fingerprint density at radius 1 is 1.20 bits per heavy atom. The number of aromatic hydroxyl groups is 1.